The van der Waals surface area contributed by atoms with Crippen LogP contribution in [0.4, 0.5) is 5.69 Å². The van der Waals surface area contributed by atoms with Gasteiger partial charge in [0, 0.05) is 18.3 Å². The number of hydrogen-bond acceptors (Lipinski definition) is 5. The molecule has 0 aromatic heterocycles. The molecule has 1 aromatic rings. The van der Waals surface area contributed by atoms with Crippen molar-refractivity contribution in [3.63, 3.8) is 0 Å². The van der Waals surface area contributed by atoms with Crippen LogP contribution in [0.25, 0.3) is 0 Å². The van der Waals surface area contributed by atoms with Gasteiger partial charge in [0.2, 0.25) is 4.87 Å². The van der Waals surface area contributed by atoms with Crippen LogP contribution >= 0.6 is 11.8 Å². The van der Waals surface area contributed by atoms with Gasteiger partial charge in [-0.15, -0.1) is 11.8 Å². The van der Waals surface area contributed by atoms with Crippen molar-refractivity contribution in [2.45, 2.75) is 50.6 Å². The normalized spacial score (nSPS) is 24.0. The second-order valence-electron chi connectivity index (χ2n) is 7.76. The second kappa shape index (κ2) is 7.52. The lowest BCUT2D eigenvalue weighted by atomic mass is 9.99. The molecule has 1 amide bonds. The minimum absolute atomic E-state index is 0.0444. The molecule has 2 unspecified atom stereocenters. The minimum atomic E-state index is -0.776. The Morgan fingerprint density at radius 1 is 1.38 bits per heavy atom. The zero-order valence-electron chi connectivity index (χ0n) is 16.2. The molecule has 142 valence electrons. The molecule has 1 aliphatic rings. The lowest BCUT2D eigenvalue weighted by Crippen LogP contribution is -2.72. The molecule has 8 heteroatoms. The molecule has 0 aliphatic carbocycles. The van der Waals surface area contributed by atoms with Crippen LogP contribution in [0.15, 0.2) is 29.3 Å². The summed E-state index contributed by atoms with van der Waals surface area (Å²) in [5, 5.41) is 10.9. The average Bonchev–Trinajstić information content (AvgIpc) is 2.60. The standard InChI is InChI=1S/C18H27N3O3SSi/c1-12(2)17(4,5)26-20-13(3)18(25-6,16(20)22)19-11-14-7-9-15(10-8-14)21(23)24/h7-13H,26H2,1-6H3. The summed E-state index contributed by atoms with van der Waals surface area (Å²) in [7, 11) is -0.743. The first-order valence-electron chi connectivity index (χ1n) is 8.71. The number of carbonyl (C=O) groups excluding carboxylic acids is 1. The number of carbonyl (C=O) groups is 1. The molecular formula is C18H27N3O3SSi. The first-order chi connectivity index (χ1) is 12.0. The van der Waals surface area contributed by atoms with E-state index < -0.39 is 19.5 Å². The number of nitrogens with zero attached hydrogens (tertiary/aromatic N) is 3. The predicted octanol–water partition coefficient (Wildman–Crippen LogP) is 3.24. The van der Waals surface area contributed by atoms with Gasteiger partial charge in [-0.1, -0.05) is 27.7 Å². The van der Waals surface area contributed by atoms with Gasteiger partial charge in [0.25, 0.3) is 11.6 Å². The zero-order valence-corrected chi connectivity index (χ0v) is 18.5. The fraction of sp³-hybridized carbons (Fsp3) is 0.556. The second-order valence-corrected chi connectivity index (χ2v) is 11.6. The lowest BCUT2D eigenvalue weighted by Gasteiger charge is -2.54. The molecule has 0 radical (unpaired) electrons. The highest BCUT2D eigenvalue weighted by molar-refractivity contribution is 8.00. The number of nitro benzene ring substituents is 1. The summed E-state index contributed by atoms with van der Waals surface area (Å²) in [5.41, 5.74) is 0.796. The first kappa shape index (κ1) is 20.6. The van der Waals surface area contributed by atoms with Crippen molar-refractivity contribution in [2.24, 2.45) is 10.9 Å². The minimum Gasteiger partial charge on any atom is -0.366 e. The highest BCUT2D eigenvalue weighted by Crippen LogP contribution is 2.45. The van der Waals surface area contributed by atoms with E-state index in [0.717, 1.165) is 5.56 Å². The number of amides is 1. The molecule has 1 heterocycles. The Hall–Kier alpha value is -1.67. The molecular weight excluding hydrogens is 366 g/mol. The Bertz CT molecular complexity index is 721. The van der Waals surface area contributed by atoms with E-state index in [9.17, 15) is 14.9 Å². The first-order valence-corrected chi connectivity index (χ1v) is 11.3. The van der Waals surface area contributed by atoms with Crippen molar-refractivity contribution in [2.75, 3.05) is 6.26 Å². The van der Waals surface area contributed by atoms with Gasteiger partial charge in [0.1, 0.15) is 9.68 Å². The summed E-state index contributed by atoms with van der Waals surface area (Å²) in [4.78, 5) is 27.1. The molecule has 1 aliphatic heterocycles. The van der Waals surface area contributed by atoms with Crippen LogP contribution in [0.3, 0.4) is 0 Å². The van der Waals surface area contributed by atoms with Crippen molar-refractivity contribution in [1.82, 2.24) is 4.57 Å². The van der Waals surface area contributed by atoms with E-state index in [2.05, 4.69) is 39.6 Å². The molecule has 0 saturated carbocycles. The fourth-order valence-electron chi connectivity index (χ4n) is 2.86. The smallest absolute Gasteiger partial charge is 0.269 e. The molecule has 1 saturated heterocycles. The largest absolute Gasteiger partial charge is 0.366 e. The highest BCUT2D eigenvalue weighted by Gasteiger charge is 2.58. The molecule has 26 heavy (non-hydrogen) atoms. The Morgan fingerprint density at radius 3 is 2.38 bits per heavy atom. The molecule has 1 fully saturated rings. The quantitative estimate of drug-likeness (QED) is 0.234. The topological polar surface area (TPSA) is 75.8 Å². The Balaban J connectivity index is 2.16. The number of non-ortho nitro benzene ring substituents is 1. The van der Waals surface area contributed by atoms with Gasteiger partial charge < -0.3 is 4.57 Å². The third kappa shape index (κ3) is 3.71. The van der Waals surface area contributed by atoms with E-state index in [1.165, 1.54) is 23.9 Å². The third-order valence-corrected chi connectivity index (χ3v) is 9.61. The van der Waals surface area contributed by atoms with Crippen molar-refractivity contribution in [1.29, 1.82) is 0 Å². The molecule has 2 atom stereocenters. The summed E-state index contributed by atoms with van der Waals surface area (Å²) in [5.74, 6) is 0.623. The van der Waals surface area contributed by atoms with Gasteiger partial charge in [0.15, 0.2) is 0 Å². The Morgan fingerprint density at radius 2 is 1.96 bits per heavy atom. The van der Waals surface area contributed by atoms with Gasteiger partial charge in [-0.25, -0.2) is 0 Å². The number of nitro groups is 1. The lowest BCUT2D eigenvalue weighted by molar-refractivity contribution is -0.384. The van der Waals surface area contributed by atoms with Crippen LogP contribution in [0, 0.1) is 16.0 Å². The maximum absolute atomic E-state index is 12.9. The van der Waals surface area contributed by atoms with E-state index in [-0.39, 0.29) is 22.7 Å². The van der Waals surface area contributed by atoms with E-state index in [0.29, 0.717) is 5.92 Å². The van der Waals surface area contributed by atoms with E-state index in [1.807, 2.05) is 10.8 Å². The SMILES string of the molecule is CSC1(N=Cc2ccc([N+](=O)[O-])cc2)C(=O)N([SiH2]C(C)(C)C(C)C)C1C. The van der Waals surface area contributed by atoms with Crippen molar-refractivity contribution < 1.29 is 9.72 Å². The number of aliphatic imine (C=N–C) groups is 1. The van der Waals surface area contributed by atoms with Crippen molar-refractivity contribution >= 4 is 39.3 Å². The number of hydrogen-bond donors (Lipinski definition) is 0. The molecule has 6 nitrogen and oxygen atoms in total. The summed E-state index contributed by atoms with van der Waals surface area (Å²) in [6.07, 6.45) is 3.56. The van der Waals surface area contributed by atoms with E-state index >= 15 is 0 Å². The summed E-state index contributed by atoms with van der Waals surface area (Å²) in [6.45, 7) is 11.0. The third-order valence-electron chi connectivity index (χ3n) is 5.56. The zero-order chi connectivity index (χ0) is 19.7. The van der Waals surface area contributed by atoms with Crippen LogP contribution in [0.5, 0.6) is 0 Å². The highest BCUT2D eigenvalue weighted by atomic mass is 32.2. The van der Waals surface area contributed by atoms with Gasteiger partial charge in [-0.05, 0) is 41.8 Å². The summed E-state index contributed by atoms with van der Waals surface area (Å²) in [6, 6.07) is 6.26. The average molecular weight is 394 g/mol. The summed E-state index contributed by atoms with van der Waals surface area (Å²) < 4.78 is 2.05. The molecule has 1 aromatic carbocycles. The fourth-order valence-corrected chi connectivity index (χ4v) is 6.19. The van der Waals surface area contributed by atoms with E-state index in [4.69, 9.17) is 0 Å². The van der Waals surface area contributed by atoms with Crippen LogP contribution in [-0.2, 0) is 4.79 Å². The van der Waals surface area contributed by atoms with Crippen molar-refractivity contribution in [3.8, 4) is 0 Å². The maximum Gasteiger partial charge on any atom is 0.269 e. The van der Waals surface area contributed by atoms with Gasteiger partial charge in [-0.3, -0.25) is 19.9 Å². The van der Waals surface area contributed by atoms with Crippen LogP contribution in [0.1, 0.15) is 40.2 Å². The van der Waals surface area contributed by atoms with Crippen LogP contribution < -0.4 is 0 Å². The Kier molecular flexibility index (Phi) is 5.97. The number of rotatable bonds is 7. The molecule has 0 bridgehead atoms. The molecule has 0 N–H and O–H groups in total. The maximum atomic E-state index is 12.9. The van der Waals surface area contributed by atoms with Gasteiger partial charge >= 0.3 is 0 Å². The number of thioether (sulfide) groups is 1. The molecule has 2 rings (SSSR count). The summed E-state index contributed by atoms with van der Waals surface area (Å²) >= 11 is 1.47. The number of benzene rings is 1. The molecule has 0 spiro atoms. The van der Waals surface area contributed by atoms with Gasteiger partial charge in [-0.2, -0.15) is 0 Å². The monoisotopic (exact) mass is 393 g/mol. The van der Waals surface area contributed by atoms with E-state index in [1.54, 1.807) is 18.3 Å². The van der Waals surface area contributed by atoms with Crippen molar-refractivity contribution in [3.05, 3.63) is 39.9 Å². The van der Waals surface area contributed by atoms with Crippen LogP contribution in [-0.4, -0.2) is 48.5 Å². The number of β-lactam (4-membered cyclic amide) rings is 1. The van der Waals surface area contributed by atoms with Crippen LogP contribution in [0.2, 0.25) is 5.04 Å². The predicted molar refractivity (Wildman–Crippen MR) is 111 cm³/mol. The van der Waals surface area contributed by atoms with Gasteiger partial charge in [0.05, 0.1) is 11.0 Å². The Labute approximate surface area is 161 Å².